The molecule has 2 aromatic carbocycles. The molecule has 0 radical (unpaired) electrons. The van der Waals surface area contributed by atoms with E-state index in [9.17, 15) is 9.59 Å². The van der Waals surface area contributed by atoms with Crippen molar-refractivity contribution < 1.29 is 9.59 Å². The second kappa shape index (κ2) is 9.00. The summed E-state index contributed by atoms with van der Waals surface area (Å²) in [5.41, 5.74) is 10.2. The number of amides is 1. The first kappa shape index (κ1) is 20.6. The molecule has 1 unspecified atom stereocenters. The summed E-state index contributed by atoms with van der Waals surface area (Å²) in [6.07, 6.45) is 7.22. The Hall–Kier alpha value is -3.67. The highest BCUT2D eigenvalue weighted by Gasteiger charge is 2.24. The maximum absolute atomic E-state index is 12.3. The van der Waals surface area contributed by atoms with Gasteiger partial charge in [0.1, 0.15) is 12.1 Å². The molecule has 1 aliphatic rings. The molecule has 0 bridgehead atoms. The summed E-state index contributed by atoms with van der Waals surface area (Å²) in [6.45, 7) is 1.95. The summed E-state index contributed by atoms with van der Waals surface area (Å²) in [4.78, 5) is 28.5. The minimum absolute atomic E-state index is 0.0523. The Morgan fingerprint density at radius 3 is 2.48 bits per heavy atom. The van der Waals surface area contributed by atoms with Gasteiger partial charge in [-0.05, 0) is 37.0 Å². The number of carbonyl (C=O) groups excluding carboxylic acids is 2. The van der Waals surface area contributed by atoms with Gasteiger partial charge in [0, 0.05) is 23.4 Å². The molecule has 1 aliphatic carbocycles. The average molecular weight is 415 g/mol. The minimum Gasteiger partial charge on any atom is -0.397 e. The number of carbonyl (C=O) groups is 2. The van der Waals surface area contributed by atoms with Crippen molar-refractivity contribution in [3.8, 4) is 11.3 Å². The van der Waals surface area contributed by atoms with Crippen LogP contribution in [-0.2, 0) is 4.79 Å². The third kappa shape index (κ3) is 4.58. The minimum atomic E-state index is -0.336. The van der Waals surface area contributed by atoms with E-state index in [1.165, 1.54) is 0 Å². The van der Waals surface area contributed by atoms with Gasteiger partial charge in [0.25, 0.3) is 5.91 Å². The maximum atomic E-state index is 12.3. The van der Waals surface area contributed by atoms with E-state index in [-0.39, 0.29) is 11.8 Å². The van der Waals surface area contributed by atoms with Crippen LogP contribution in [0.2, 0.25) is 0 Å². The molecular weight excluding hydrogens is 388 g/mol. The molecular formula is C25H26N4O2. The number of aldehydes is 1. The lowest BCUT2D eigenvalue weighted by Crippen LogP contribution is -2.25. The summed E-state index contributed by atoms with van der Waals surface area (Å²) in [5.74, 6) is 0.252. The van der Waals surface area contributed by atoms with Gasteiger partial charge in [-0.2, -0.15) is 0 Å². The molecule has 3 N–H and O–H groups in total. The first-order valence-corrected chi connectivity index (χ1v) is 10.6. The largest absolute Gasteiger partial charge is 0.397 e. The zero-order valence-electron chi connectivity index (χ0n) is 17.5. The van der Waals surface area contributed by atoms with E-state index in [0.717, 1.165) is 35.9 Å². The van der Waals surface area contributed by atoms with Gasteiger partial charge in [0.05, 0.1) is 23.5 Å². The number of nitrogens with one attached hydrogen (secondary N) is 1. The zero-order valence-corrected chi connectivity index (χ0v) is 17.5. The Labute approximate surface area is 181 Å². The fourth-order valence-electron chi connectivity index (χ4n) is 3.47. The van der Waals surface area contributed by atoms with Crippen LogP contribution in [0, 0.1) is 0 Å². The highest BCUT2D eigenvalue weighted by molar-refractivity contribution is 5.95. The second-order valence-electron chi connectivity index (χ2n) is 7.80. The molecule has 1 aromatic heterocycles. The van der Waals surface area contributed by atoms with E-state index in [0.29, 0.717) is 29.5 Å². The molecule has 1 atom stereocenters. The van der Waals surface area contributed by atoms with Crippen molar-refractivity contribution in [1.82, 2.24) is 14.9 Å². The van der Waals surface area contributed by atoms with Crippen molar-refractivity contribution in [3.63, 3.8) is 0 Å². The number of hydrogen-bond donors (Lipinski definition) is 2. The maximum Gasteiger partial charge on any atom is 0.251 e. The van der Waals surface area contributed by atoms with Gasteiger partial charge in [0.2, 0.25) is 0 Å². The lowest BCUT2D eigenvalue weighted by Gasteiger charge is -2.13. The molecule has 6 heteroatoms. The third-order valence-corrected chi connectivity index (χ3v) is 5.49. The van der Waals surface area contributed by atoms with E-state index >= 15 is 0 Å². The van der Waals surface area contributed by atoms with E-state index in [1.807, 2.05) is 72.3 Å². The highest BCUT2D eigenvalue weighted by Crippen LogP contribution is 2.28. The van der Waals surface area contributed by atoms with Gasteiger partial charge in [-0.1, -0.05) is 49.4 Å². The number of aromatic nitrogens is 2. The van der Waals surface area contributed by atoms with Gasteiger partial charge < -0.3 is 20.4 Å². The van der Waals surface area contributed by atoms with Crippen molar-refractivity contribution in [2.45, 2.75) is 38.1 Å². The normalized spacial score (nSPS) is 14.8. The van der Waals surface area contributed by atoms with Crippen LogP contribution >= 0.6 is 0 Å². The smallest absolute Gasteiger partial charge is 0.251 e. The number of rotatable bonds is 8. The summed E-state index contributed by atoms with van der Waals surface area (Å²) in [7, 11) is 0. The number of hydrogen-bond acceptors (Lipinski definition) is 4. The highest BCUT2D eigenvalue weighted by atomic mass is 16.1. The first-order valence-electron chi connectivity index (χ1n) is 10.6. The van der Waals surface area contributed by atoms with Crippen LogP contribution in [0.4, 0.5) is 0 Å². The monoisotopic (exact) mass is 414 g/mol. The van der Waals surface area contributed by atoms with Crippen molar-refractivity contribution in [2.75, 3.05) is 0 Å². The molecule has 6 nitrogen and oxygen atoms in total. The van der Waals surface area contributed by atoms with Crippen LogP contribution in [0.5, 0.6) is 0 Å². The third-order valence-electron chi connectivity index (χ3n) is 5.49. The Bertz CT molecular complexity index is 1100. The molecule has 1 amide bonds. The van der Waals surface area contributed by atoms with Crippen LogP contribution in [0.1, 0.15) is 53.8 Å². The predicted molar refractivity (Wildman–Crippen MR) is 122 cm³/mol. The Morgan fingerprint density at radius 1 is 1.16 bits per heavy atom. The number of nitrogens with two attached hydrogens (primary N) is 1. The SMILES string of the molecule is CCC(C=O)c1ncc(-c2ccc(C(=O)NC3CC3)cc2)n1/C=C(\N)c1ccccc1. The lowest BCUT2D eigenvalue weighted by atomic mass is 10.1. The Balaban J connectivity index is 1.72. The topological polar surface area (TPSA) is 90.0 Å². The van der Waals surface area contributed by atoms with Gasteiger partial charge in [0.15, 0.2) is 0 Å². The zero-order chi connectivity index (χ0) is 21.8. The predicted octanol–water partition coefficient (Wildman–Crippen LogP) is 4.05. The molecule has 0 saturated heterocycles. The summed E-state index contributed by atoms with van der Waals surface area (Å²) in [5, 5.41) is 3.00. The van der Waals surface area contributed by atoms with Crippen LogP contribution in [0.3, 0.4) is 0 Å². The summed E-state index contributed by atoms with van der Waals surface area (Å²) >= 11 is 0. The van der Waals surface area contributed by atoms with Gasteiger partial charge >= 0.3 is 0 Å². The first-order chi connectivity index (χ1) is 15.1. The van der Waals surface area contributed by atoms with Crippen molar-refractivity contribution in [3.05, 3.63) is 77.7 Å². The van der Waals surface area contributed by atoms with Crippen molar-refractivity contribution in [2.24, 2.45) is 5.73 Å². The molecule has 0 aliphatic heterocycles. The summed E-state index contributed by atoms with van der Waals surface area (Å²) in [6, 6.07) is 17.4. The fraction of sp³-hybridized carbons (Fsp3) is 0.240. The molecule has 1 heterocycles. The standard InChI is InChI=1S/C25H26N4O2/c1-2-17(16-30)24-27-14-23(29(24)15-22(26)18-6-4-3-5-7-18)19-8-10-20(11-9-19)25(31)28-21-12-13-21/h3-11,14-17,21H,2,12-13,26H2,1H3,(H,28,31)/b22-15-. The fourth-order valence-corrected chi connectivity index (χ4v) is 3.47. The van der Waals surface area contributed by atoms with E-state index in [4.69, 9.17) is 5.73 Å². The molecule has 31 heavy (non-hydrogen) atoms. The number of benzene rings is 2. The van der Waals surface area contributed by atoms with Crippen LogP contribution in [-0.4, -0.2) is 27.8 Å². The molecule has 1 fully saturated rings. The van der Waals surface area contributed by atoms with E-state index < -0.39 is 0 Å². The molecule has 0 spiro atoms. The van der Waals surface area contributed by atoms with Crippen LogP contribution in [0.25, 0.3) is 23.2 Å². The van der Waals surface area contributed by atoms with Crippen molar-refractivity contribution >= 4 is 24.1 Å². The Kier molecular flexibility index (Phi) is 5.98. The number of nitrogens with zero attached hydrogens (tertiary/aromatic N) is 2. The quantitative estimate of drug-likeness (QED) is 0.544. The molecule has 4 rings (SSSR count). The molecule has 1 saturated carbocycles. The van der Waals surface area contributed by atoms with Gasteiger partial charge in [-0.3, -0.25) is 4.79 Å². The second-order valence-corrected chi connectivity index (χ2v) is 7.80. The summed E-state index contributed by atoms with van der Waals surface area (Å²) < 4.78 is 1.88. The molecule has 158 valence electrons. The van der Waals surface area contributed by atoms with Crippen LogP contribution < -0.4 is 11.1 Å². The average Bonchev–Trinajstić information content (AvgIpc) is 3.54. The van der Waals surface area contributed by atoms with Crippen molar-refractivity contribution in [1.29, 1.82) is 0 Å². The Morgan fingerprint density at radius 2 is 1.87 bits per heavy atom. The van der Waals surface area contributed by atoms with Gasteiger partial charge in [-0.15, -0.1) is 0 Å². The van der Waals surface area contributed by atoms with Crippen LogP contribution in [0.15, 0.2) is 60.8 Å². The van der Waals surface area contributed by atoms with Gasteiger partial charge in [-0.25, -0.2) is 4.98 Å². The number of imidazole rings is 1. The molecule has 3 aromatic rings. The lowest BCUT2D eigenvalue weighted by molar-refractivity contribution is -0.109. The van der Waals surface area contributed by atoms with E-state index in [2.05, 4.69) is 10.3 Å². The van der Waals surface area contributed by atoms with E-state index in [1.54, 1.807) is 6.20 Å².